The molecular formula is C17H20ClN5O2. The maximum absolute atomic E-state index is 6.10. The first-order valence-corrected chi connectivity index (χ1v) is 8.26. The van der Waals surface area contributed by atoms with E-state index < -0.39 is 0 Å². The van der Waals surface area contributed by atoms with Gasteiger partial charge in [0.05, 0.1) is 26.1 Å². The van der Waals surface area contributed by atoms with Crippen molar-refractivity contribution in [2.45, 2.75) is 26.4 Å². The number of halogens is 1. The van der Waals surface area contributed by atoms with Crippen LogP contribution in [0.4, 0.5) is 5.82 Å². The molecule has 0 bridgehead atoms. The Morgan fingerprint density at radius 3 is 2.44 bits per heavy atom. The summed E-state index contributed by atoms with van der Waals surface area (Å²) in [5.41, 5.74) is 2.26. The highest BCUT2D eigenvalue weighted by atomic mass is 35.5. The van der Waals surface area contributed by atoms with Gasteiger partial charge in [0.1, 0.15) is 11.5 Å². The number of anilines is 1. The van der Waals surface area contributed by atoms with Crippen molar-refractivity contribution in [1.29, 1.82) is 0 Å². The van der Waals surface area contributed by atoms with Crippen molar-refractivity contribution in [3.63, 3.8) is 0 Å². The van der Waals surface area contributed by atoms with E-state index in [1.54, 1.807) is 20.5 Å². The molecular weight excluding hydrogens is 342 g/mol. The fraction of sp³-hybridized carbons (Fsp3) is 0.353. The highest BCUT2D eigenvalue weighted by Crippen LogP contribution is 2.30. The third-order valence-electron chi connectivity index (χ3n) is 3.91. The number of nitrogens with zero attached hydrogens (tertiary/aromatic N) is 4. The Bertz CT molecular complexity index is 872. The van der Waals surface area contributed by atoms with Crippen LogP contribution >= 0.6 is 11.6 Å². The quantitative estimate of drug-likeness (QED) is 0.675. The molecule has 0 saturated carbocycles. The van der Waals surface area contributed by atoms with Gasteiger partial charge in [-0.05, 0) is 37.6 Å². The molecule has 1 aromatic carbocycles. The van der Waals surface area contributed by atoms with E-state index in [-0.39, 0.29) is 11.3 Å². The summed E-state index contributed by atoms with van der Waals surface area (Å²) in [6.45, 7) is 4.57. The van der Waals surface area contributed by atoms with Crippen LogP contribution in [-0.2, 0) is 6.54 Å². The van der Waals surface area contributed by atoms with Crippen LogP contribution < -0.4 is 14.8 Å². The van der Waals surface area contributed by atoms with Crippen LogP contribution in [0.15, 0.2) is 24.5 Å². The standard InChI is InChI=1S/C17H20ClN5O2/c1-10(2)23-9-20-14-15(21-17(18)22-16(14)23)19-8-11-12(24-3)6-5-7-13(11)25-4/h5-7,9-10H,8H2,1-4H3,(H,19,21,22). The Labute approximate surface area is 151 Å². The summed E-state index contributed by atoms with van der Waals surface area (Å²) in [6, 6.07) is 5.87. The summed E-state index contributed by atoms with van der Waals surface area (Å²) in [5, 5.41) is 3.45. The molecule has 0 radical (unpaired) electrons. The summed E-state index contributed by atoms with van der Waals surface area (Å²) in [6.07, 6.45) is 1.75. The average molecular weight is 362 g/mol. The molecule has 0 aliphatic heterocycles. The van der Waals surface area contributed by atoms with E-state index in [1.807, 2.05) is 22.8 Å². The molecule has 0 fully saturated rings. The van der Waals surface area contributed by atoms with Crippen LogP contribution in [0.2, 0.25) is 5.28 Å². The molecule has 132 valence electrons. The topological polar surface area (TPSA) is 74.1 Å². The fourth-order valence-corrected chi connectivity index (χ4v) is 2.83. The van der Waals surface area contributed by atoms with E-state index in [9.17, 15) is 0 Å². The second kappa shape index (κ2) is 7.14. The van der Waals surface area contributed by atoms with Gasteiger partial charge < -0.3 is 19.4 Å². The number of hydrogen-bond donors (Lipinski definition) is 1. The molecule has 0 aliphatic carbocycles. The molecule has 0 amide bonds. The molecule has 25 heavy (non-hydrogen) atoms. The zero-order chi connectivity index (χ0) is 18.0. The minimum Gasteiger partial charge on any atom is -0.496 e. The normalized spacial score (nSPS) is 11.1. The summed E-state index contributed by atoms with van der Waals surface area (Å²) >= 11 is 6.10. The SMILES string of the molecule is COc1cccc(OC)c1CNc1nc(Cl)nc2c1ncn2C(C)C. The fourth-order valence-electron chi connectivity index (χ4n) is 2.67. The summed E-state index contributed by atoms with van der Waals surface area (Å²) in [7, 11) is 3.25. The maximum atomic E-state index is 6.10. The predicted octanol–water partition coefficient (Wildman–Crippen LogP) is 3.69. The number of methoxy groups -OCH3 is 2. The van der Waals surface area contributed by atoms with Crippen molar-refractivity contribution in [2.75, 3.05) is 19.5 Å². The largest absolute Gasteiger partial charge is 0.496 e. The first-order chi connectivity index (χ1) is 12.0. The van der Waals surface area contributed by atoms with Gasteiger partial charge in [-0.2, -0.15) is 9.97 Å². The van der Waals surface area contributed by atoms with Gasteiger partial charge in [0.25, 0.3) is 0 Å². The molecule has 0 atom stereocenters. The number of aromatic nitrogens is 4. The highest BCUT2D eigenvalue weighted by molar-refractivity contribution is 6.28. The van der Waals surface area contributed by atoms with Crippen LogP contribution in [0.5, 0.6) is 11.5 Å². The zero-order valence-corrected chi connectivity index (χ0v) is 15.3. The number of imidazole rings is 1. The van der Waals surface area contributed by atoms with Gasteiger partial charge >= 0.3 is 0 Å². The molecule has 3 rings (SSSR count). The Balaban J connectivity index is 1.97. The van der Waals surface area contributed by atoms with Gasteiger partial charge in [0.2, 0.25) is 5.28 Å². The number of benzene rings is 1. The Morgan fingerprint density at radius 1 is 1.16 bits per heavy atom. The minimum atomic E-state index is 0.171. The lowest BCUT2D eigenvalue weighted by atomic mass is 10.1. The number of hydrogen-bond acceptors (Lipinski definition) is 6. The van der Waals surface area contributed by atoms with E-state index in [2.05, 4.69) is 34.1 Å². The molecule has 7 nitrogen and oxygen atoms in total. The van der Waals surface area contributed by atoms with Gasteiger partial charge in [0, 0.05) is 12.6 Å². The Kier molecular flexibility index (Phi) is 4.94. The number of nitrogens with one attached hydrogen (secondary N) is 1. The molecule has 2 aromatic heterocycles. The van der Waals surface area contributed by atoms with Crippen LogP contribution in [0.3, 0.4) is 0 Å². The first kappa shape index (κ1) is 17.3. The number of rotatable bonds is 6. The number of ether oxygens (including phenoxy) is 2. The van der Waals surface area contributed by atoms with Gasteiger partial charge in [0.15, 0.2) is 17.0 Å². The predicted molar refractivity (Wildman–Crippen MR) is 97.6 cm³/mol. The van der Waals surface area contributed by atoms with Crippen molar-refractivity contribution < 1.29 is 9.47 Å². The zero-order valence-electron chi connectivity index (χ0n) is 14.6. The van der Waals surface area contributed by atoms with Gasteiger partial charge in [-0.3, -0.25) is 0 Å². The Morgan fingerprint density at radius 2 is 1.84 bits per heavy atom. The van der Waals surface area contributed by atoms with E-state index in [0.29, 0.717) is 23.5 Å². The molecule has 0 spiro atoms. The smallest absolute Gasteiger partial charge is 0.226 e. The number of fused-ring (bicyclic) bond motifs is 1. The highest BCUT2D eigenvalue weighted by Gasteiger charge is 2.16. The van der Waals surface area contributed by atoms with Gasteiger partial charge in [-0.15, -0.1) is 0 Å². The van der Waals surface area contributed by atoms with Crippen molar-refractivity contribution in [3.8, 4) is 11.5 Å². The lowest BCUT2D eigenvalue weighted by Crippen LogP contribution is -2.07. The second-order valence-corrected chi connectivity index (χ2v) is 6.09. The van der Waals surface area contributed by atoms with Crippen LogP contribution in [-0.4, -0.2) is 33.7 Å². The molecule has 8 heteroatoms. The third-order valence-corrected chi connectivity index (χ3v) is 4.08. The van der Waals surface area contributed by atoms with Crippen LogP contribution in [0.1, 0.15) is 25.5 Å². The van der Waals surface area contributed by atoms with Crippen molar-refractivity contribution in [1.82, 2.24) is 19.5 Å². The molecule has 0 saturated heterocycles. The summed E-state index contributed by atoms with van der Waals surface area (Å²) < 4.78 is 12.8. The lowest BCUT2D eigenvalue weighted by molar-refractivity contribution is 0.386. The van der Waals surface area contributed by atoms with Crippen LogP contribution in [0.25, 0.3) is 11.2 Å². The Hall–Kier alpha value is -2.54. The lowest BCUT2D eigenvalue weighted by Gasteiger charge is -2.14. The second-order valence-electron chi connectivity index (χ2n) is 5.75. The van der Waals surface area contributed by atoms with E-state index in [1.165, 1.54) is 0 Å². The van der Waals surface area contributed by atoms with Crippen molar-refractivity contribution >= 4 is 28.6 Å². The van der Waals surface area contributed by atoms with E-state index in [4.69, 9.17) is 21.1 Å². The van der Waals surface area contributed by atoms with Gasteiger partial charge in [-0.25, -0.2) is 4.98 Å². The molecule has 1 N–H and O–H groups in total. The van der Waals surface area contributed by atoms with Crippen molar-refractivity contribution in [2.24, 2.45) is 0 Å². The van der Waals surface area contributed by atoms with Crippen molar-refractivity contribution in [3.05, 3.63) is 35.4 Å². The van der Waals surface area contributed by atoms with E-state index in [0.717, 1.165) is 17.1 Å². The third kappa shape index (κ3) is 3.32. The minimum absolute atomic E-state index is 0.171. The summed E-state index contributed by atoms with van der Waals surface area (Å²) in [5.74, 6) is 2.04. The average Bonchev–Trinajstić information content (AvgIpc) is 3.03. The first-order valence-electron chi connectivity index (χ1n) is 7.89. The van der Waals surface area contributed by atoms with E-state index >= 15 is 0 Å². The molecule has 2 heterocycles. The molecule has 0 aliphatic rings. The molecule has 3 aromatic rings. The van der Waals surface area contributed by atoms with Crippen LogP contribution in [0, 0.1) is 0 Å². The van der Waals surface area contributed by atoms with Gasteiger partial charge in [-0.1, -0.05) is 6.07 Å². The monoisotopic (exact) mass is 361 g/mol. The molecule has 0 unspecified atom stereocenters. The maximum Gasteiger partial charge on any atom is 0.226 e. The summed E-state index contributed by atoms with van der Waals surface area (Å²) in [4.78, 5) is 13.0.